The Bertz CT molecular complexity index is 67.5. The fourth-order valence-electron chi connectivity index (χ4n) is 0. The van der Waals surface area contributed by atoms with Crippen LogP contribution in [-0.2, 0) is 0 Å². The zero-order valence-corrected chi connectivity index (χ0v) is 5.40. The highest BCUT2D eigenvalue weighted by molar-refractivity contribution is 6.47. The summed E-state index contributed by atoms with van der Waals surface area (Å²) in [5, 5.41) is 0. The summed E-state index contributed by atoms with van der Waals surface area (Å²) in [5.74, 6) is -3.70. The van der Waals surface area contributed by atoms with Crippen LogP contribution in [0.25, 0.3) is 0 Å². The van der Waals surface area contributed by atoms with E-state index in [1.165, 1.54) is 0 Å². The Balaban J connectivity index is 4.02. The highest BCUT2D eigenvalue weighted by Crippen LogP contribution is 2.38. The minimum absolute atomic E-state index is 0.299. The molecule has 0 bridgehead atoms. The molecule has 0 fully saturated rings. The summed E-state index contributed by atoms with van der Waals surface area (Å²) >= 11 is 8.72. The molecule has 0 aliphatic rings. The molecule has 0 rings (SSSR count). The summed E-state index contributed by atoms with van der Waals surface area (Å²) in [6.45, 7) is 0.299. The van der Waals surface area contributed by atoms with E-state index >= 15 is 0 Å². The van der Waals surface area contributed by atoms with E-state index in [2.05, 4.69) is 23.2 Å². The van der Waals surface area contributed by atoms with Crippen LogP contribution in [0.4, 0.5) is 13.2 Å². The standard InChI is InChI=1S/C3H3Cl2F3/c1-2(6,7)3(4,5)8/h1H3. The SMILES string of the molecule is CC(F)(F)C(F)(Cl)Cl. The van der Waals surface area contributed by atoms with Gasteiger partial charge in [-0.1, -0.05) is 23.2 Å². The predicted molar refractivity (Wildman–Crippen MR) is 26.2 cm³/mol. The highest BCUT2D eigenvalue weighted by Gasteiger charge is 2.48. The third-order valence-electron chi connectivity index (χ3n) is 0.498. The predicted octanol–water partition coefficient (Wildman–Crippen LogP) is 2.74. The van der Waals surface area contributed by atoms with Crippen molar-refractivity contribution in [1.82, 2.24) is 0 Å². The molecule has 0 saturated carbocycles. The Morgan fingerprint density at radius 2 is 1.25 bits per heavy atom. The second-order valence-electron chi connectivity index (χ2n) is 1.39. The minimum Gasteiger partial charge on any atom is -0.201 e. The fraction of sp³-hybridized carbons (Fsp3) is 1.00. The third-order valence-corrected chi connectivity index (χ3v) is 1.16. The number of hydrogen-bond acceptors (Lipinski definition) is 0. The first-order chi connectivity index (χ1) is 3.25. The molecule has 0 radical (unpaired) electrons. The van der Waals surface area contributed by atoms with Crippen LogP contribution in [0, 0.1) is 0 Å². The summed E-state index contributed by atoms with van der Waals surface area (Å²) in [7, 11) is 0. The van der Waals surface area contributed by atoms with E-state index in [-0.39, 0.29) is 0 Å². The van der Waals surface area contributed by atoms with Gasteiger partial charge < -0.3 is 0 Å². The van der Waals surface area contributed by atoms with Crippen molar-refractivity contribution in [3.63, 3.8) is 0 Å². The monoisotopic (exact) mass is 166 g/mol. The molecule has 8 heavy (non-hydrogen) atoms. The summed E-state index contributed by atoms with van der Waals surface area (Å²) in [4.78, 5) is 0. The van der Waals surface area contributed by atoms with Crippen LogP contribution in [0.3, 0.4) is 0 Å². The number of halogens is 5. The Kier molecular flexibility index (Phi) is 2.04. The number of alkyl halides is 5. The molecule has 0 unspecified atom stereocenters. The van der Waals surface area contributed by atoms with Gasteiger partial charge in [-0.2, -0.15) is 0 Å². The molecule has 0 aliphatic carbocycles. The normalized spacial score (nSPS) is 14.2. The molecular formula is C3H3Cl2F3. The molecule has 0 aromatic carbocycles. The van der Waals surface area contributed by atoms with Crippen LogP contribution in [0.5, 0.6) is 0 Å². The quantitative estimate of drug-likeness (QED) is 0.526. The molecule has 0 N–H and O–H groups in total. The molecule has 0 amide bonds. The van der Waals surface area contributed by atoms with Gasteiger partial charge in [0.25, 0.3) is 0 Å². The van der Waals surface area contributed by atoms with Crippen molar-refractivity contribution in [2.24, 2.45) is 0 Å². The van der Waals surface area contributed by atoms with Crippen LogP contribution >= 0.6 is 23.2 Å². The largest absolute Gasteiger partial charge is 0.320 e. The molecule has 0 aromatic rings. The molecule has 5 heteroatoms. The van der Waals surface area contributed by atoms with Crippen LogP contribution in [0.15, 0.2) is 0 Å². The van der Waals surface area contributed by atoms with E-state index in [4.69, 9.17) is 0 Å². The van der Waals surface area contributed by atoms with Gasteiger partial charge >= 0.3 is 10.5 Å². The molecule has 0 aliphatic heterocycles. The minimum atomic E-state index is -3.70. The maximum atomic E-state index is 11.7. The van der Waals surface area contributed by atoms with Gasteiger partial charge in [-0.05, 0) is 0 Å². The lowest BCUT2D eigenvalue weighted by atomic mass is 10.4. The van der Waals surface area contributed by atoms with Crippen LogP contribution in [-0.4, -0.2) is 10.5 Å². The van der Waals surface area contributed by atoms with Crippen molar-refractivity contribution < 1.29 is 13.2 Å². The zero-order chi connectivity index (χ0) is 7.00. The lowest BCUT2D eigenvalue weighted by Gasteiger charge is -2.16. The Morgan fingerprint density at radius 1 is 1.12 bits per heavy atom. The molecule has 0 saturated heterocycles. The summed E-state index contributed by atoms with van der Waals surface area (Å²) in [6.07, 6.45) is 0. The van der Waals surface area contributed by atoms with Crippen LogP contribution in [0.1, 0.15) is 6.92 Å². The van der Waals surface area contributed by atoms with Crippen molar-refractivity contribution >= 4 is 23.2 Å². The molecule has 0 atom stereocenters. The Labute approximate surface area is 54.6 Å². The van der Waals surface area contributed by atoms with Gasteiger partial charge in [0, 0.05) is 6.92 Å². The van der Waals surface area contributed by atoms with Crippen molar-refractivity contribution in [1.29, 1.82) is 0 Å². The lowest BCUT2D eigenvalue weighted by molar-refractivity contribution is -0.0403. The molecule has 50 valence electrons. The van der Waals surface area contributed by atoms with Crippen molar-refractivity contribution in [3.8, 4) is 0 Å². The van der Waals surface area contributed by atoms with Crippen molar-refractivity contribution in [2.75, 3.05) is 0 Å². The van der Waals surface area contributed by atoms with Crippen LogP contribution < -0.4 is 0 Å². The van der Waals surface area contributed by atoms with Crippen molar-refractivity contribution in [3.05, 3.63) is 0 Å². The highest BCUT2D eigenvalue weighted by atomic mass is 35.5. The number of hydrogen-bond donors (Lipinski definition) is 0. The maximum Gasteiger partial charge on any atom is 0.320 e. The van der Waals surface area contributed by atoms with Gasteiger partial charge in [0.05, 0.1) is 0 Å². The average molecular weight is 167 g/mol. The summed E-state index contributed by atoms with van der Waals surface area (Å²) in [5.41, 5.74) is 0. The molecule has 0 spiro atoms. The van der Waals surface area contributed by atoms with Gasteiger partial charge in [-0.3, -0.25) is 0 Å². The molecular weight excluding hydrogens is 164 g/mol. The second kappa shape index (κ2) is 1.95. The van der Waals surface area contributed by atoms with Gasteiger partial charge in [0.1, 0.15) is 0 Å². The topological polar surface area (TPSA) is 0 Å². The van der Waals surface area contributed by atoms with Gasteiger partial charge in [-0.25, -0.2) is 13.2 Å². The maximum absolute atomic E-state index is 11.7. The van der Waals surface area contributed by atoms with E-state index < -0.39 is 10.5 Å². The Morgan fingerprint density at radius 3 is 1.25 bits per heavy atom. The summed E-state index contributed by atoms with van der Waals surface area (Å²) < 4.78 is 31.4. The first kappa shape index (κ1) is 8.37. The van der Waals surface area contributed by atoms with Crippen LogP contribution in [0.2, 0.25) is 0 Å². The van der Waals surface area contributed by atoms with Gasteiger partial charge in [0.2, 0.25) is 0 Å². The molecule has 0 nitrogen and oxygen atoms in total. The smallest absolute Gasteiger partial charge is 0.201 e. The molecule has 0 aromatic heterocycles. The van der Waals surface area contributed by atoms with Crippen molar-refractivity contribution in [2.45, 2.75) is 17.4 Å². The van der Waals surface area contributed by atoms with E-state index in [1.807, 2.05) is 0 Å². The fourth-order valence-corrected chi connectivity index (χ4v) is 0. The van der Waals surface area contributed by atoms with E-state index in [0.717, 1.165) is 0 Å². The lowest BCUT2D eigenvalue weighted by Crippen LogP contribution is -2.30. The van der Waals surface area contributed by atoms with Gasteiger partial charge in [0.15, 0.2) is 0 Å². The van der Waals surface area contributed by atoms with E-state index in [1.54, 1.807) is 0 Å². The second-order valence-corrected chi connectivity index (χ2v) is 2.62. The van der Waals surface area contributed by atoms with E-state index in [0.29, 0.717) is 6.92 Å². The zero-order valence-electron chi connectivity index (χ0n) is 3.89. The Hall–Kier alpha value is 0.370. The molecule has 0 heterocycles. The average Bonchev–Trinajstić information content (AvgIpc) is 1.25. The van der Waals surface area contributed by atoms with E-state index in [9.17, 15) is 13.2 Å². The summed E-state index contributed by atoms with van der Waals surface area (Å²) in [6, 6.07) is 0. The third kappa shape index (κ3) is 2.09. The first-order valence-electron chi connectivity index (χ1n) is 1.69. The first-order valence-corrected chi connectivity index (χ1v) is 2.45. The van der Waals surface area contributed by atoms with Gasteiger partial charge in [-0.15, -0.1) is 0 Å². The number of rotatable bonds is 1.